The van der Waals surface area contributed by atoms with Gasteiger partial charge in [-0.3, -0.25) is 0 Å². The molecule has 0 aliphatic carbocycles. The van der Waals surface area contributed by atoms with E-state index in [0.29, 0.717) is 10.6 Å². The lowest BCUT2D eigenvalue weighted by molar-refractivity contribution is 0.472. The average molecular weight is 309 g/mol. The van der Waals surface area contributed by atoms with E-state index in [9.17, 15) is 8.42 Å². The highest BCUT2D eigenvalue weighted by atomic mass is 32.2. The Morgan fingerprint density at radius 1 is 1.05 bits per heavy atom. The van der Waals surface area contributed by atoms with E-state index >= 15 is 0 Å². The zero-order valence-corrected chi connectivity index (χ0v) is 13.0. The van der Waals surface area contributed by atoms with Gasteiger partial charge < -0.3 is 0 Å². The molecule has 0 aliphatic heterocycles. The molecular weight excluding hydrogens is 290 g/mol. The third-order valence-electron chi connectivity index (χ3n) is 2.49. The third kappa shape index (κ3) is 4.10. The summed E-state index contributed by atoms with van der Waals surface area (Å²) in [5.74, 6) is 0.662. The molecule has 0 fully saturated rings. The van der Waals surface area contributed by atoms with Crippen molar-refractivity contribution in [3.8, 4) is 0 Å². The monoisotopic (exact) mass is 309 g/mol. The summed E-state index contributed by atoms with van der Waals surface area (Å²) in [6.45, 7) is 11.4. The van der Waals surface area contributed by atoms with Gasteiger partial charge in [0.05, 0.1) is 4.90 Å². The van der Waals surface area contributed by atoms with Gasteiger partial charge in [0.1, 0.15) is 0 Å². The lowest BCUT2D eigenvalue weighted by atomic mass is 10.4. The van der Waals surface area contributed by atoms with Crippen LogP contribution in [0.25, 0.3) is 0 Å². The minimum Gasteiger partial charge on any atom is -0.207 e. The lowest BCUT2D eigenvalue weighted by Crippen LogP contribution is -2.31. The number of benzene rings is 1. The molecule has 0 bridgehead atoms. The number of hydrogen-bond acceptors (Lipinski definition) is 3. The summed E-state index contributed by atoms with van der Waals surface area (Å²) in [6.07, 6.45) is 4.89. The van der Waals surface area contributed by atoms with Crippen LogP contribution in [0.1, 0.15) is 0 Å². The second-order valence-corrected chi connectivity index (χ2v) is 6.91. The second-order valence-electron chi connectivity index (χ2n) is 3.95. The Labute approximate surface area is 125 Å². The molecule has 0 unspecified atom stereocenters. The molecule has 0 aromatic heterocycles. The van der Waals surface area contributed by atoms with E-state index in [1.54, 1.807) is 36.4 Å². The summed E-state index contributed by atoms with van der Waals surface area (Å²) in [6, 6.07) is 6.99. The topological polar surface area (TPSA) is 37.4 Å². The Morgan fingerprint density at radius 3 is 2.20 bits per heavy atom. The van der Waals surface area contributed by atoms with Gasteiger partial charge in [-0.1, -0.05) is 30.4 Å². The summed E-state index contributed by atoms with van der Waals surface area (Å²) in [5.41, 5.74) is 0. The Hall–Kier alpha value is -1.30. The molecule has 0 amide bonds. The van der Waals surface area contributed by atoms with Gasteiger partial charge in [-0.25, -0.2) is 8.42 Å². The van der Waals surface area contributed by atoms with E-state index < -0.39 is 10.0 Å². The van der Waals surface area contributed by atoms with Crippen LogP contribution in [-0.4, -0.2) is 31.6 Å². The Kier molecular flexibility index (Phi) is 6.78. The minimum atomic E-state index is -3.55. The molecule has 0 N–H and O–H groups in total. The van der Waals surface area contributed by atoms with Gasteiger partial charge in [-0.05, 0) is 12.1 Å². The van der Waals surface area contributed by atoms with Crippen molar-refractivity contribution in [2.24, 2.45) is 0 Å². The van der Waals surface area contributed by atoms with Crippen molar-refractivity contribution in [2.75, 3.05) is 18.8 Å². The highest BCUT2D eigenvalue weighted by molar-refractivity contribution is 8.00. The predicted molar refractivity (Wildman–Crippen MR) is 86.5 cm³/mol. The van der Waals surface area contributed by atoms with Gasteiger partial charge in [0.15, 0.2) is 0 Å². The summed E-state index contributed by atoms with van der Waals surface area (Å²) >= 11 is 1.45. The first kappa shape index (κ1) is 16.8. The number of hydrogen-bond donors (Lipinski definition) is 0. The normalized spacial score (nSPS) is 11.2. The van der Waals surface area contributed by atoms with E-state index in [4.69, 9.17) is 0 Å². The molecule has 0 spiro atoms. The molecule has 5 heteroatoms. The van der Waals surface area contributed by atoms with Crippen LogP contribution in [0, 0.1) is 0 Å². The zero-order chi connectivity index (χ0) is 15.0. The molecule has 1 aromatic rings. The molecule has 20 heavy (non-hydrogen) atoms. The van der Waals surface area contributed by atoms with Crippen molar-refractivity contribution >= 4 is 21.8 Å². The van der Waals surface area contributed by atoms with Gasteiger partial charge in [0, 0.05) is 23.7 Å². The molecule has 0 atom stereocenters. The van der Waals surface area contributed by atoms with Crippen molar-refractivity contribution in [3.05, 3.63) is 62.2 Å². The van der Waals surface area contributed by atoms with Crippen LogP contribution in [-0.2, 0) is 10.0 Å². The Morgan fingerprint density at radius 2 is 1.65 bits per heavy atom. The summed E-state index contributed by atoms with van der Waals surface area (Å²) in [5, 5.41) is 0. The van der Waals surface area contributed by atoms with E-state index in [2.05, 4.69) is 19.7 Å². The second kappa shape index (κ2) is 8.09. The lowest BCUT2D eigenvalue weighted by Gasteiger charge is -2.20. The maximum atomic E-state index is 12.7. The number of sulfonamides is 1. The van der Waals surface area contributed by atoms with E-state index in [1.807, 2.05) is 6.07 Å². The highest BCUT2D eigenvalue weighted by Crippen LogP contribution is 2.28. The van der Waals surface area contributed by atoms with Gasteiger partial charge in [0.25, 0.3) is 0 Å². The molecule has 1 rings (SSSR count). The molecule has 0 saturated carbocycles. The van der Waals surface area contributed by atoms with Crippen LogP contribution < -0.4 is 0 Å². The van der Waals surface area contributed by atoms with Crippen LogP contribution >= 0.6 is 11.8 Å². The molecule has 3 nitrogen and oxygen atoms in total. The fourth-order valence-electron chi connectivity index (χ4n) is 1.63. The molecule has 0 aliphatic rings. The van der Waals surface area contributed by atoms with Crippen LogP contribution in [0.2, 0.25) is 0 Å². The van der Waals surface area contributed by atoms with Crippen LogP contribution in [0.5, 0.6) is 0 Å². The average Bonchev–Trinajstić information content (AvgIpc) is 2.45. The molecule has 108 valence electrons. The number of rotatable bonds is 9. The van der Waals surface area contributed by atoms with Crippen LogP contribution in [0.4, 0.5) is 0 Å². The number of nitrogens with zero attached hydrogens (tertiary/aromatic N) is 1. The standard InChI is InChI=1S/C15H19NO2S2/c1-4-11-16(12-5-2)20(17,18)15-10-8-7-9-14(15)19-13-6-3/h4-10H,1-3,11-13H2. The molecule has 0 saturated heterocycles. The first-order valence-corrected chi connectivity index (χ1v) is 8.55. The quantitative estimate of drug-likeness (QED) is 0.519. The van der Waals surface area contributed by atoms with Gasteiger partial charge in [-0.2, -0.15) is 4.31 Å². The smallest absolute Gasteiger partial charge is 0.207 e. The molecule has 0 heterocycles. The van der Waals surface area contributed by atoms with E-state index in [-0.39, 0.29) is 13.1 Å². The van der Waals surface area contributed by atoms with Gasteiger partial charge in [0.2, 0.25) is 10.0 Å². The van der Waals surface area contributed by atoms with Crippen molar-refractivity contribution in [1.29, 1.82) is 0 Å². The summed E-state index contributed by atoms with van der Waals surface area (Å²) in [7, 11) is -3.55. The molecule has 1 aromatic carbocycles. The summed E-state index contributed by atoms with van der Waals surface area (Å²) in [4.78, 5) is 1.04. The van der Waals surface area contributed by atoms with E-state index in [0.717, 1.165) is 4.90 Å². The molecular formula is C15H19NO2S2. The minimum absolute atomic E-state index is 0.259. The van der Waals surface area contributed by atoms with Gasteiger partial charge in [-0.15, -0.1) is 31.5 Å². The first-order chi connectivity index (χ1) is 9.57. The Bertz CT molecular complexity index is 569. The fraction of sp³-hybridized carbons (Fsp3) is 0.200. The first-order valence-electron chi connectivity index (χ1n) is 6.12. The SMILES string of the molecule is C=CCSc1ccccc1S(=O)(=O)N(CC=C)CC=C. The van der Waals surface area contributed by atoms with Crippen LogP contribution in [0.15, 0.2) is 72.0 Å². The molecule has 0 radical (unpaired) electrons. The maximum absolute atomic E-state index is 12.7. The van der Waals surface area contributed by atoms with Crippen molar-refractivity contribution in [2.45, 2.75) is 9.79 Å². The maximum Gasteiger partial charge on any atom is 0.244 e. The summed E-state index contributed by atoms with van der Waals surface area (Å²) < 4.78 is 26.7. The van der Waals surface area contributed by atoms with Gasteiger partial charge >= 0.3 is 0 Å². The van der Waals surface area contributed by atoms with Crippen molar-refractivity contribution < 1.29 is 8.42 Å². The number of thioether (sulfide) groups is 1. The van der Waals surface area contributed by atoms with E-state index in [1.165, 1.54) is 16.1 Å². The van der Waals surface area contributed by atoms with Crippen LogP contribution in [0.3, 0.4) is 0 Å². The largest absolute Gasteiger partial charge is 0.244 e. The fourth-order valence-corrected chi connectivity index (χ4v) is 4.26. The van der Waals surface area contributed by atoms with Crippen molar-refractivity contribution in [1.82, 2.24) is 4.31 Å². The van der Waals surface area contributed by atoms with Crippen molar-refractivity contribution in [3.63, 3.8) is 0 Å². The zero-order valence-electron chi connectivity index (χ0n) is 11.4. The highest BCUT2D eigenvalue weighted by Gasteiger charge is 2.25. The third-order valence-corrected chi connectivity index (χ3v) is 5.58. The Balaban J connectivity index is 3.21. The predicted octanol–water partition coefficient (Wildman–Crippen LogP) is 3.33.